The Hall–Kier alpha value is -2.64. The maximum absolute atomic E-state index is 13.0. The highest BCUT2D eigenvalue weighted by Gasteiger charge is 2.14. The zero-order chi connectivity index (χ0) is 21.5. The molecule has 30 heavy (non-hydrogen) atoms. The Morgan fingerprint density at radius 2 is 1.87 bits per heavy atom. The molecule has 2 aromatic carbocycles. The highest BCUT2D eigenvalue weighted by molar-refractivity contribution is 7.99. The molecule has 1 heterocycles. The van der Waals surface area contributed by atoms with Gasteiger partial charge in [0.15, 0.2) is 10.9 Å². The van der Waals surface area contributed by atoms with Gasteiger partial charge in [-0.15, -0.1) is 0 Å². The second kappa shape index (κ2) is 10.4. The molecule has 0 radical (unpaired) electrons. The van der Waals surface area contributed by atoms with Crippen molar-refractivity contribution in [2.24, 2.45) is 0 Å². The number of aromatic nitrogens is 2. The quantitative estimate of drug-likeness (QED) is 0.280. The molecule has 3 aromatic rings. The minimum absolute atomic E-state index is 0.00898. The number of nitrogens with zero attached hydrogens (tertiary/aromatic N) is 3. The Morgan fingerprint density at radius 3 is 2.57 bits per heavy atom. The molecule has 1 aromatic heterocycles. The van der Waals surface area contributed by atoms with Crippen LogP contribution in [0.3, 0.4) is 0 Å². The predicted molar refractivity (Wildman–Crippen MR) is 122 cm³/mol. The van der Waals surface area contributed by atoms with Gasteiger partial charge in [-0.1, -0.05) is 23.9 Å². The molecule has 0 fully saturated rings. The number of benzene rings is 2. The summed E-state index contributed by atoms with van der Waals surface area (Å²) in [6, 6.07) is 14.5. The minimum atomic E-state index is -0.0598. The fourth-order valence-corrected chi connectivity index (χ4v) is 4.04. The summed E-state index contributed by atoms with van der Waals surface area (Å²) in [5, 5.41) is 1.18. The summed E-state index contributed by atoms with van der Waals surface area (Å²) in [5.41, 5.74) is 1.21. The molecule has 0 saturated heterocycles. The van der Waals surface area contributed by atoms with Crippen molar-refractivity contribution in [2.75, 3.05) is 33.0 Å². The molecule has 0 aliphatic carbocycles. The number of hydrogen-bond acceptors (Lipinski definition) is 6. The average molecular weight is 426 g/mol. The smallest absolute Gasteiger partial charge is 0.262 e. The first kappa shape index (κ1) is 22.1. The zero-order valence-corrected chi connectivity index (χ0v) is 18.4. The van der Waals surface area contributed by atoms with Gasteiger partial charge in [-0.05, 0) is 70.4 Å². The summed E-state index contributed by atoms with van der Waals surface area (Å²) in [4.78, 5) is 32.5. The molecule has 0 aliphatic heterocycles. The third-order valence-electron chi connectivity index (χ3n) is 4.63. The molecule has 0 atom stereocenters. The summed E-state index contributed by atoms with van der Waals surface area (Å²) in [5.74, 6) is 0.949. The maximum Gasteiger partial charge on any atom is 0.262 e. The Labute approximate surface area is 180 Å². The van der Waals surface area contributed by atoms with Gasteiger partial charge in [0.05, 0.1) is 23.3 Å². The van der Waals surface area contributed by atoms with Gasteiger partial charge in [-0.2, -0.15) is 0 Å². The normalized spacial score (nSPS) is 11.2. The van der Waals surface area contributed by atoms with Crippen molar-refractivity contribution in [3.05, 3.63) is 64.4 Å². The summed E-state index contributed by atoms with van der Waals surface area (Å²) >= 11 is 1.31. The minimum Gasteiger partial charge on any atom is -0.494 e. The van der Waals surface area contributed by atoms with E-state index in [1.165, 1.54) is 11.8 Å². The van der Waals surface area contributed by atoms with E-state index in [1.54, 1.807) is 34.9 Å². The zero-order valence-electron chi connectivity index (χ0n) is 17.6. The van der Waals surface area contributed by atoms with E-state index in [1.807, 2.05) is 39.2 Å². The molecule has 0 amide bonds. The number of fused-ring (bicyclic) bond motifs is 1. The molecule has 0 aliphatic rings. The number of Topliss-reactive ketones (excluding diaryl/α,β-unsaturated/α-hetero) is 1. The van der Waals surface area contributed by atoms with Gasteiger partial charge in [0.1, 0.15) is 5.75 Å². The van der Waals surface area contributed by atoms with Gasteiger partial charge >= 0.3 is 0 Å². The number of ketones is 1. The second-order valence-corrected chi connectivity index (χ2v) is 8.14. The van der Waals surface area contributed by atoms with E-state index in [9.17, 15) is 9.59 Å². The molecule has 0 saturated carbocycles. The van der Waals surface area contributed by atoms with E-state index < -0.39 is 0 Å². The Balaban J connectivity index is 1.81. The van der Waals surface area contributed by atoms with E-state index in [4.69, 9.17) is 4.74 Å². The van der Waals surface area contributed by atoms with E-state index in [0.717, 1.165) is 18.7 Å². The van der Waals surface area contributed by atoms with Gasteiger partial charge in [-0.3, -0.25) is 14.2 Å². The highest BCUT2D eigenvalue weighted by atomic mass is 32.2. The van der Waals surface area contributed by atoms with Crippen LogP contribution in [-0.4, -0.2) is 53.2 Å². The van der Waals surface area contributed by atoms with Gasteiger partial charge in [0.2, 0.25) is 0 Å². The summed E-state index contributed by atoms with van der Waals surface area (Å²) < 4.78 is 7.12. The molecule has 0 bridgehead atoms. The molecule has 0 unspecified atom stereocenters. The summed E-state index contributed by atoms with van der Waals surface area (Å²) in [7, 11) is 4.01. The number of hydrogen-bond donors (Lipinski definition) is 0. The van der Waals surface area contributed by atoms with Crippen LogP contribution >= 0.6 is 11.8 Å². The van der Waals surface area contributed by atoms with Crippen LogP contribution in [0.2, 0.25) is 0 Å². The van der Waals surface area contributed by atoms with Crippen LogP contribution in [0.4, 0.5) is 0 Å². The monoisotopic (exact) mass is 425 g/mol. The molecular weight excluding hydrogens is 398 g/mol. The highest BCUT2D eigenvalue weighted by Crippen LogP contribution is 2.20. The Morgan fingerprint density at radius 1 is 1.13 bits per heavy atom. The number of carbonyl (C=O) groups excluding carboxylic acids is 1. The fourth-order valence-electron chi connectivity index (χ4n) is 3.12. The van der Waals surface area contributed by atoms with Crippen LogP contribution in [-0.2, 0) is 6.54 Å². The topological polar surface area (TPSA) is 64.4 Å². The number of thioether (sulfide) groups is 1. The third-order valence-corrected chi connectivity index (χ3v) is 5.61. The molecular formula is C23H27N3O3S. The molecule has 7 heteroatoms. The van der Waals surface area contributed by atoms with Crippen LogP contribution in [0.25, 0.3) is 10.9 Å². The number of ether oxygens (including phenoxy) is 1. The molecule has 3 rings (SSSR count). The first-order valence-electron chi connectivity index (χ1n) is 10.0. The molecule has 158 valence electrons. The van der Waals surface area contributed by atoms with E-state index in [2.05, 4.69) is 9.88 Å². The van der Waals surface area contributed by atoms with Gasteiger partial charge in [0, 0.05) is 12.1 Å². The van der Waals surface area contributed by atoms with Crippen LogP contribution in [0.5, 0.6) is 5.75 Å². The van der Waals surface area contributed by atoms with Gasteiger partial charge in [0.25, 0.3) is 5.56 Å². The fraction of sp³-hybridized carbons (Fsp3) is 0.348. The molecule has 0 spiro atoms. The lowest BCUT2D eigenvalue weighted by atomic mass is 10.1. The number of rotatable bonds is 10. The van der Waals surface area contributed by atoms with Crippen molar-refractivity contribution in [1.29, 1.82) is 0 Å². The number of carbonyl (C=O) groups is 1. The van der Waals surface area contributed by atoms with Crippen molar-refractivity contribution in [1.82, 2.24) is 14.5 Å². The lowest BCUT2D eigenvalue weighted by molar-refractivity contribution is 0.102. The van der Waals surface area contributed by atoms with Crippen molar-refractivity contribution in [3.63, 3.8) is 0 Å². The first-order chi connectivity index (χ1) is 14.5. The standard InChI is InChI=1S/C23H27N3O3S/c1-4-29-18-12-10-17(11-13-18)21(27)16-30-23-24-20-9-6-5-8-19(20)22(28)26(23)15-7-14-25(2)3/h5-6,8-13H,4,7,14-16H2,1-3H3. The predicted octanol–water partition coefficient (Wildman–Crippen LogP) is 3.72. The van der Waals surface area contributed by atoms with E-state index >= 15 is 0 Å². The Kier molecular flexibility index (Phi) is 7.65. The number of para-hydroxylation sites is 1. The summed E-state index contributed by atoms with van der Waals surface area (Å²) in [6.45, 7) is 3.94. The van der Waals surface area contributed by atoms with Crippen LogP contribution in [0, 0.1) is 0 Å². The maximum atomic E-state index is 13.0. The van der Waals surface area contributed by atoms with Crippen LogP contribution in [0.15, 0.2) is 58.5 Å². The van der Waals surface area contributed by atoms with E-state index in [0.29, 0.717) is 34.8 Å². The SMILES string of the molecule is CCOc1ccc(C(=O)CSc2nc3ccccc3c(=O)n2CCCN(C)C)cc1. The van der Waals surface area contributed by atoms with Crippen LogP contribution in [0.1, 0.15) is 23.7 Å². The first-order valence-corrected chi connectivity index (χ1v) is 11.0. The lowest BCUT2D eigenvalue weighted by Crippen LogP contribution is -2.25. The van der Waals surface area contributed by atoms with Gasteiger partial charge < -0.3 is 9.64 Å². The largest absolute Gasteiger partial charge is 0.494 e. The van der Waals surface area contributed by atoms with Crippen molar-refractivity contribution in [3.8, 4) is 5.75 Å². The second-order valence-electron chi connectivity index (χ2n) is 7.19. The molecule has 0 N–H and O–H groups in total. The van der Waals surface area contributed by atoms with Crippen molar-refractivity contribution >= 4 is 28.4 Å². The average Bonchev–Trinajstić information content (AvgIpc) is 2.74. The van der Waals surface area contributed by atoms with Crippen molar-refractivity contribution < 1.29 is 9.53 Å². The summed E-state index contributed by atoms with van der Waals surface area (Å²) in [6.07, 6.45) is 0.827. The van der Waals surface area contributed by atoms with Gasteiger partial charge in [-0.25, -0.2) is 4.98 Å². The van der Waals surface area contributed by atoms with Crippen LogP contribution < -0.4 is 10.3 Å². The third kappa shape index (κ3) is 5.49. The molecule has 6 nitrogen and oxygen atoms in total. The van der Waals surface area contributed by atoms with Crippen molar-refractivity contribution in [2.45, 2.75) is 25.0 Å². The van der Waals surface area contributed by atoms with E-state index in [-0.39, 0.29) is 17.1 Å². The lowest BCUT2D eigenvalue weighted by Gasteiger charge is -2.14. The Bertz CT molecular complexity index is 1060.